The number of rotatable bonds is 5. The highest BCUT2D eigenvalue weighted by Crippen LogP contribution is 2.27. The van der Waals surface area contributed by atoms with Crippen molar-refractivity contribution in [3.8, 4) is 0 Å². The van der Waals surface area contributed by atoms with E-state index in [9.17, 15) is 36.5 Å². The van der Waals surface area contributed by atoms with Crippen molar-refractivity contribution in [2.75, 3.05) is 7.11 Å². The van der Waals surface area contributed by atoms with Crippen molar-refractivity contribution in [3.05, 3.63) is 45.7 Å². The van der Waals surface area contributed by atoms with Crippen LogP contribution in [0.2, 0.25) is 0 Å². The number of carbonyl (C=O) groups is 1. The van der Waals surface area contributed by atoms with E-state index in [1.807, 2.05) is 0 Å². The Hall–Kier alpha value is -2.63. The molecule has 23 heavy (non-hydrogen) atoms. The van der Waals surface area contributed by atoms with Gasteiger partial charge in [0.2, 0.25) is 5.76 Å². The number of halogens is 3. The van der Waals surface area contributed by atoms with Crippen LogP contribution in [0.3, 0.4) is 0 Å². The molecule has 0 unspecified atom stereocenters. The Morgan fingerprint density at radius 2 is 1.78 bits per heavy atom. The molecule has 0 aliphatic rings. The summed E-state index contributed by atoms with van der Waals surface area (Å²) in [4.78, 5) is 21.1. The van der Waals surface area contributed by atoms with Crippen molar-refractivity contribution in [3.63, 3.8) is 0 Å². The lowest BCUT2D eigenvalue weighted by Crippen LogP contribution is -2.27. The molecular weight excluding hydrogens is 347 g/mol. The highest BCUT2D eigenvalue weighted by molar-refractivity contribution is 7.87. The first kappa shape index (κ1) is 18.4. The van der Waals surface area contributed by atoms with E-state index in [0.29, 0.717) is 6.08 Å². The van der Waals surface area contributed by atoms with Crippen LogP contribution in [-0.4, -0.2) is 31.9 Å². The molecule has 0 aromatic heterocycles. The summed E-state index contributed by atoms with van der Waals surface area (Å²) in [5, 5.41) is 10.5. The number of carbonyl (C=O) groups excluding carboxylic acids is 1. The number of nitrogens with zero attached hydrogens (tertiary/aromatic N) is 1. The van der Waals surface area contributed by atoms with Gasteiger partial charge in [-0.3, -0.25) is 10.1 Å². The molecule has 8 nitrogen and oxygen atoms in total. The van der Waals surface area contributed by atoms with E-state index in [4.69, 9.17) is 0 Å². The summed E-state index contributed by atoms with van der Waals surface area (Å²) in [7, 11) is -5.27. The maximum atomic E-state index is 12.3. The first-order chi connectivity index (χ1) is 10.5. The fourth-order valence-electron chi connectivity index (χ4n) is 1.23. The van der Waals surface area contributed by atoms with Crippen molar-refractivity contribution < 1.29 is 40.2 Å². The van der Waals surface area contributed by atoms with Crippen LogP contribution >= 0.6 is 0 Å². The molecule has 0 heterocycles. The molecule has 0 fully saturated rings. The number of nitro groups is 1. The van der Waals surface area contributed by atoms with Crippen molar-refractivity contribution in [2.24, 2.45) is 0 Å². The lowest BCUT2D eigenvalue weighted by Gasteiger charge is -2.10. The van der Waals surface area contributed by atoms with E-state index < -0.39 is 32.3 Å². The average Bonchev–Trinajstić information content (AvgIpc) is 2.44. The summed E-state index contributed by atoms with van der Waals surface area (Å²) in [5.41, 5.74) is -6.07. The highest BCUT2D eigenvalue weighted by Gasteiger charge is 2.49. The molecular formula is C11H8F3NO7S. The van der Waals surface area contributed by atoms with Crippen LogP contribution in [0.15, 0.2) is 30.0 Å². The number of alkyl halides is 3. The topological polar surface area (TPSA) is 113 Å². The van der Waals surface area contributed by atoms with Gasteiger partial charge < -0.3 is 8.92 Å². The minimum absolute atomic E-state index is 0.0200. The van der Waals surface area contributed by atoms with Crippen LogP contribution in [-0.2, 0) is 23.8 Å². The number of ether oxygens (including phenoxy) is 1. The van der Waals surface area contributed by atoms with Gasteiger partial charge in [0.15, 0.2) is 0 Å². The minimum atomic E-state index is -6.07. The Balaban J connectivity index is 3.22. The van der Waals surface area contributed by atoms with Crippen LogP contribution in [0.5, 0.6) is 0 Å². The monoisotopic (exact) mass is 355 g/mol. The van der Waals surface area contributed by atoms with Gasteiger partial charge in [0.05, 0.1) is 12.0 Å². The number of benzene rings is 1. The van der Waals surface area contributed by atoms with Gasteiger partial charge in [0, 0.05) is 12.1 Å². The average molecular weight is 355 g/mol. The van der Waals surface area contributed by atoms with Gasteiger partial charge in [-0.25, -0.2) is 4.79 Å². The normalized spacial score (nSPS) is 12.6. The zero-order chi connectivity index (χ0) is 17.8. The van der Waals surface area contributed by atoms with Crippen molar-refractivity contribution in [1.29, 1.82) is 0 Å². The van der Waals surface area contributed by atoms with E-state index >= 15 is 0 Å². The molecule has 0 aliphatic carbocycles. The van der Waals surface area contributed by atoms with Crippen LogP contribution in [0.25, 0.3) is 6.08 Å². The largest absolute Gasteiger partial charge is 0.534 e. The zero-order valence-corrected chi connectivity index (χ0v) is 12.1. The summed E-state index contributed by atoms with van der Waals surface area (Å²) in [6, 6.07) is 4.15. The number of nitro benzene ring substituents is 1. The summed E-state index contributed by atoms with van der Waals surface area (Å²) in [6.07, 6.45) is 0.638. The smallest absolute Gasteiger partial charge is 0.463 e. The third kappa shape index (κ3) is 4.67. The second kappa shape index (κ2) is 6.64. The number of hydrogen-bond acceptors (Lipinski definition) is 7. The molecule has 12 heteroatoms. The van der Waals surface area contributed by atoms with E-state index in [-0.39, 0.29) is 11.3 Å². The molecule has 0 amide bonds. The summed E-state index contributed by atoms with van der Waals surface area (Å²) in [6.45, 7) is 0. The summed E-state index contributed by atoms with van der Waals surface area (Å²) in [5.74, 6) is -2.73. The Bertz CT molecular complexity index is 738. The lowest BCUT2D eigenvalue weighted by atomic mass is 10.2. The first-order valence-electron chi connectivity index (χ1n) is 5.53. The van der Waals surface area contributed by atoms with E-state index in [1.165, 1.54) is 0 Å². The molecule has 0 saturated heterocycles. The molecule has 0 spiro atoms. The molecule has 0 bridgehead atoms. The number of methoxy groups -OCH3 is 1. The second-order valence-corrected chi connectivity index (χ2v) is 5.37. The maximum absolute atomic E-state index is 12.3. The Kier molecular flexibility index (Phi) is 5.32. The van der Waals surface area contributed by atoms with Crippen molar-refractivity contribution in [1.82, 2.24) is 0 Å². The fraction of sp³-hybridized carbons (Fsp3) is 0.182. The summed E-state index contributed by atoms with van der Waals surface area (Å²) >= 11 is 0. The van der Waals surface area contributed by atoms with Gasteiger partial charge in [0.1, 0.15) is 0 Å². The first-order valence-corrected chi connectivity index (χ1v) is 6.94. The molecule has 1 aromatic rings. The molecule has 0 N–H and O–H groups in total. The SMILES string of the molecule is COC(=O)/C(=C\c1ccc([N+](=O)[O-])cc1)OS(=O)(=O)C(F)(F)F. The zero-order valence-electron chi connectivity index (χ0n) is 11.2. The predicted octanol–water partition coefficient (Wildman–Crippen LogP) is 1.97. The van der Waals surface area contributed by atoms with Gasteiger partial charge in [-0.15, -0.1) is 0 Å². The Morgan fingerprint density at radius 1 is 1.26 bits per heavy atom. The van der Waals surface area contributed by atoms with Crippen LogP contribution < -0.4 is 0 Å². The third-order valence-corrected chi connectivity index (χ3v) is 3.24. The fourth-order valence-corrected chi connectivity index (χ4v) is 1.67. The Morgan fingerprint density at radius 3 is 2.17 bits per heavy atom. The van der Waals surface area contributed by atoms with Gasteiger partial charge in [0.25, 0.3) is 5.69 Å². The second-order valence-electron chi connectivity index (χ2n) is 3.83. The number of esters is 1. The molecule has 1 aromatic carbocycles. The maximum Gasteiger partial charge on any atom is 0.534 e. The highest BCUT2D eigenvalue weighted by atomic mass is 32.2. The molecule has 0 saturated carbocycles. The lowest BCUT2D eigenvalue weighted by molar-refractivity contribution is -0.384. The van der Waals surface area contributed by atoms with Gasteiger partial charge in [-0.2, -0.15) is 21.6 Å². The predicted molar refractivity (Wildman–Crippen MR) is 69.1 cm³/mol. The van der Waals surface area contributed by atoms with Crippen LogP contribution in [0.1, 0.15) is 5.56 Å². The quantitative estimate of drug-likeness (QED) is 0.151. The standard InChI is InChI=1S/C11H8F3NO7S/c1-21-10(16)9(22-23(19,20)11(12,13)14)6-7-2-4-8(5-3-7)15(17)18/h2-6H,1H3/b9-6+. The molecule has 126 valence electrons. The van der Waals surface area contributed by atoms with Crippen molar-refractivity contribution >= 4 is 27.9 Å². The van der Waals surface area contributed by atoms with E-state index in [2.05, 4.69) is 8.92 Å². The minimum Gasteiger partial charge on any atom is -0.463 e. The Labute approximate surface area is 127 Å². The van der Waals surface area contributed by atoms with E-state index in [1.54, 1.807) is 0 Å². The third-order valence-electron chi connectivity index (χ3n) is 2.27. The van der Waals surface area contributed by atoms with Crippen molar-refractivity contribution in [2.45, 2.75) is 5.51 Å². The number of non-ortho nitro benzene ring substituents is 1. The van der Waals surface area contributed by atoms with Gasteiger partial charge in [-0.1, -0.05) is 0 Å². The van der Waals surface area contributed by atoms with Gasteiger partial charge >= 0.3 is 21.6 Å². The molecule has 1 rings (SSSR count). The van der Waals surface area contributed by atoms with Gasteiger partial charge in [-0.05, 0) is 23.8 Å². The van der Waals surface area contributed by atoms with E-state index in [0.717, 1.165) is 31.4 Å². The van der Waals surface area contributed by atoms with Crippen LogP contribution in [0, 0.1) is 10.1 Å². The molecule has 0 atom stereocenters. The molecule has 0 radical (unpaired) electrons. The number of hydrogen-bond donors (Lipinski definition) is 0. The summed E-state index contributed by atoms with van der Waals surface area (Å²) < 4.78 is 66.6. The molecule has 0 aliphatic heterocycles. The van der Waals surface area contributed by atoms with Crippen LogP contribution in [0.4, 0.5) is 18.9 Å².